The number of ether oxygens (including phenoxy) is 1. The molecule has 1 fully saturated rings. The highest BCUT2D eigenvalue weighted by Gasteiger charge is 2.40. The largest absolute Gasteiger partial charge is 0.468 e. The highest BCUT2D eigenvalue weighted by atomic mass is 32.1. The van der Waals surface area contributed by atoms with Crippen molar-refractivity contribution in [2.75, 3.05) is 18.6 Å². The van der Waals surface area contributed by atoms with Gasteiger partial charge < -0.3 is 9.64 Å². The van der Waals surface area contributed by atoms with E-state index in [9.17, 15) is 9.59 Å². The van der Waals surface area contributed by atoms with E-state index in [0.717, 1.165) is 12.0 Å². The number of aryl methyl sites for hydroxylation is 1. The average Bonchev–Trinajstić information content (AvgIpc) is 2.92. The molecule has 3 rings (SSSR count). The van der Waals surface area contributed by atoms with Crippen molar-refractivity contribution in [1.29, 1.82) is 0 Å². The summed E-state index contributed by atoms with van der Waals surface area (Å²) in [5, 5.41) is 0.261. The first-order valence-corrected chi connectivity index (χ1v) is 9.04. The summed E-state index contributed by atoms with van der Waals surface area (Å²) in [6, 6.07) is 17.1. The highest BCUT2D eigenvalue weighted by Crippen LogP contribution is 2.29. The van der Waals surface area contributed by atoms with E-state index in [1.807, 2.05) is 54.6 Å². The average molecular weight is 380 g/mol. The monoisotopic (exact) mass is 380 g/mol. The Labute approximate surface area is 163 Å². The molecule has 0 bridgehead atoms. The first-order valence-electron chi connectivity index (χ1n) is 8.63. The molecule has 1 amide bonds. The maximum atomic E-state index is 13.1. The van der Waals surface area contributed by atoms with Crippen LogP contribution in [0.4, 0.5) is 5.69 Å². The number of nitrogens with zero attached hydrogens (tertiary/aromatic N) is 2. The van der Waals surface area contributed by atoms with Gasteiger partial charge in [-0.15, -0.1) is 0 Å². The molecule has 1 saturated heterocycles. The lowest BCUT2D eigenvalue weighted by Gasteiger charge is -2.19. The number of carbonyl (C=O) groups is 2. The number of carbonyl (C=O) groups excluding carboxylic acids is 2. The van der Waals surface area contributed by atoms with Crippen molar-refractivity contribution in [3.8, 4) is 0 Å². The Morgan fingerprint density at radius 2 is 1.78 bits per heavy atom. The van der Waals surface area contributed by atoms with Crippen LogP contribution >= 0.6 is 12.2 Å². The van der Waals surface area contributed by atoms with Crippen LogP contribution < -0.4 is 4.90 Å². The number of anilines is 1. The molecule has 0 aliphatic carbocycles. The second-order valence-electron chi connectivity index (χ2n) is 6.05. The SMILES string of the molecule is CCc1ccc(N2C(=O)/C(=C/c3ccccc3)N(CC(=O)OC)C2=S)cc1. The van der Waals surface area contributed by atoms with Crippen LogP contribution in [-0.2, 0) is 20.7 Å². The third kappa shape index (κ3) is 3.90. The van der Waals surface area contributed by atoms with Crippen LogP contribution in [0.3, 0.4) is 0 Å². The Hall–Kier alpha value is -2.99. The molecule has 2 aromatic rings. The Bertz CT molecular complexity index is 891. The third-order valence-corrected chi connectivity index (χ3v) is 4.76. The van der Waals surface area contributed by atoms with Gasteiger partial charge in [0.15, 0.2) is 5.11 Å². The molecule has 0 saturated carbocycles. The molecule has 138 valence electrons. The maximum Gasteiger partial charge on any atom is 0.325 e. The molecule has 27 heavy (non-hydrogen) atoms. The van der Waals surface area contributed by atoms with Crippen molar-refractivity contribution in [3.05, 3.63) is 71.4 Å². The molecule has 2 aromatic carbocycles. The van der Waals surface area contributed by atoms with Crippen LogP contribution in [0.15, 0.2) is 60.3 Å². The minimum Gasteiger partial charge on any atom is -0.468 e. The summed E-state index contributed by atoms with van der Waals surface area (Å²) in [7, 11) is 1.31. The lowest BCUT2D eigenvalue weighted by Crippen LogP contribution is -2.35. The molecule has 0 unspecified atom stereocenters. The number of esters is 1. The van der Waals surface area contributed by atoms with E-state index in [-0.39, 0.29) is 17.6 Å². The summed E-state index contributed by atoms with van der Waals surface area (Å²) < 4.78 is 4.77. The maximum absolute atomic E-state index is 13.1. The number of hydrogen-bond acceptors (Lipinski definition) is 4. The molecule has 0 spiro atoms. The van der Waals surface area contributed by atoms with Crippen LogP contribution in [0.2, 0.25) is 0 Å². The molecule has 0 atom stereocenters. The van der Waals surface area contributed by atoms with Gasteiger partial charge in [0, 0.05) is 0 Å². The van der Waals surface area contributed by atoms with E-state index >= 15 is 0 Å². The summed E-state index contributed by atoms with van der Waals surface area (Å²) >= 11 is 5.52. The van der Waals surface area contributed by atoms with Gasteiger partial charge in [-0.2, -0.15) is 0 Å². The normalized spacial score (nSPS) is 15.6. The molecule has 0 aromatic heterocycles. The van der Waals surface area contributed by atoms with Gasteiger partial charge in [0.05, 0.1) is 12.8 Å². The van der Waals surface area contributed by atoms with Gasteiger partial charge in [0.1, 0.15) is 12.2 Å². The van der Waals surface area contributed by atoms with Crippen molar-refractivity contribution in [2.24, 2.45) is 0 Å². The van der Waals surface area contributed by atoms with E-state index in [1.54, 1.807) is 6.08 Å². The van der Waals surface area contributed by atoms with E-state index in [2.05, 4.69) is 6.92 Å². The molecule has 6 heteroatoms. The molecule has 0 radical (unpaired) electrons. The van der Waals surface area contributed by atoms with Gasteiger partial charge in [-0.05, 0) is 48.0 Å². The Morgan fingerprint density at radius 3 is 2.37 bits per heavy atom. The van der Waals surface area contributed by atoms with Crippen molar-refractivity contribution in [1.82, 2.24) is 4.90 Å². The summed E-state index contributed by atoms with van der Waals surface area (Å²) in [6.07, 6.45) is 2.64. The number of amides is 1. The Morgan fingerprint density at radius 1 is 1.11 bits per heavy atom. The van der Waals surface area contributed by atoms with Crippen LogP contribution in [0.1, 0.15) is 18.1 Å². The molecule has 1 aliphatic rings. The van der Waals surface area contributed by atoms with Crippen LogP contribution in [-0.4, -0.2) is 35.5 Å². The van der Waals surface area contributed by atoms with Gasteiger partial charge in [-0.25, -0.2) is 0 Å². The number of rotatable bonds is 5. The number of methoxy groups -OCH3 is 1. The van der Waals surface area contributed by atoms with Crippen molar-refractivity contribution in [2.45, 2.75) is 13.3 Å². The van der Waals surface area contributed by atoms with E-state index in [4.69, 9.17) is 17.0 Å². The highest BCUT2D eigenvalue weighted by molar-refractivity contribution is 7.80. The zero-order valence-corrected chi connectivity index (χ0v) is 16.0. The number of thiocarbonyl (C=S) groups is 1. The predicted octanol–water partition coefficient (Wildman–Crippen LogP) is 3.40. The second kappa shape index (κ2) is 8.14. The van der Waals surface area contributed by atoms with E-state index < -0.39 is 5.97 Å². The Kier molecular flexibility index (Phi) is 5.66. The van der Waals surface area contributed by atoms with Crippen molar-refractivity contribution < 1.29 is 14.3 Å². The third-order valence-electron chi connectivity index (χ3n) is 4.36. The zero-order chi connectivity index (χ0) is 19.4. The van der Waals surface area contributed by atoms with Gasteiger partial charge >= 0.3 is 5.97 Å². The summed E-state index contributed by atoms with van der Waals surface area (Å²) in [6.45, 7) is 1.95. The quantitative estimate of drug-likeness (QED) is 0.452. The van der Waals surface area contributed by atoms with Gasteiger partial charge in [0.25, 0.3) is 5.91 Å². The van der Waals surface area contributed by atoms with Gasteiger partial charge in [0.2, 0.25) is 0 Å². The fourth-order valence-corrected chi connectivity index (χ4v) is 3.19. The summed E-state index contributed by atoms with van der Waals surface area (Å²) in [4.78, 5) is 28.0. The fourth-order valence-electron chi connectivity index (χ4n) is 2.84. The number of benzene rings is 2. The van der Waals surface area contributed by atoms with Crippen molar-refractivity contribution >= 4 is 41.0 Å². The van der Waals surface area contributed by atoms with E-state index in [1.165, 1.54) is 22.5 Å². The number of hydrogen-bond donors (Lipinski definition) is 0. The van der Waals surface area contributed by atoms with Crippen LogP contribution in [0.5, 0.6) is 0 Å². The lowest BCUT2D eigenvalue weighted by atomic mass is 10.1. The fraction of sp³-hybridized carbons (Fsp3) is 0.190. The van der Waals surface area contributed by atoms with Gasteiger partial charge in [-0.1, -0.05) is 49.4 Å². The van der Waals surface area contributed by atoms with Crippen molar-refractivity contribution in [3.63, 3.8) is 0 Å². The molecule has 0 N–H and O–H groups in total. The lowest BCUT2D eigenvalue weighted by molar-refractivity contribution is -0.140. The van der Waals surface area contributed by atoms with E-state index in [0.29, 0.717) is 11.4 Å². The Balaban J connectivity index is 2.01. The molecule has 5 nitrogen and oxygen atoms in total. The van der Waals surface area contributed by atoms with Crippen LogP contribution in [0, 0.1) is 0 Å². The van der Waals surface area contributed by atoms with Crippen LogP contribution in [0.25, 0.3) is 6.08 Å². The first kappa shape index (κ1) is 18.8. The molecular formula is C21H20N2O3S. The summed E-state index contributed by atoms with van der Waals surface area (Å²) in [5.41, 5.74) is 3.04. The molecular weight excluding hydrogens is 360 g/mol. The predicted molar refractivity (Wildman–Crippen MR) is 109 cm³/mol. The topological polar surface area (TPSA) is 49.9 Å². The smallest absolute Gasteiger partial charge is 0.325 e. The van der Waals surface area contributed by atoms with Gasteiger partial charge in [-0.3, -0.25) is 14.5 Å². The minimum absolute atomic E-state index is 0.122. The molecule has 1 heterocycles. The zero-order valence-electron chi connectivity index (χ0n) is 15.2. The second-order valence-corrected chi connectivity index (χ2v) is 6.41. The summed E-state index contributed by atoms with van der Waals surface area (Å²) in [5.74, 6) is -0.732. The first-order chi connectivity index (χ1) is 13.0. The minimum atomic E-state index is -0.465. The molecule has 1 aliphatic heterocycles. The standard InChI is InChI=1S/C21H20N2O3S/c1-3-15-9-11-17(12-10-15)23-20(25)18(13-16-7-5-4-6-8-16)22(21(23)27)14-19(24)26-2/h4-13H,3,14H2,1-2H3/b18-13-.